The van der Waals surface area contributed by atoms with Crippen LogP contribution in [-0.2, 0) is 37.2 Å². The molecule has 0 saturated heterocycles. The maximum atomic E-state index is 13.2. The van der Waals surface area contributed by atoms with E-state index in [0.717, 1.165) is 16.7 Å². The molecule has 2 N–H and O–H groups in total. The van der Waals surface area contributed by atoms with Gasteiger partial charge in [-0.1, -0.05) is 91.0 Å². The van der Waals surface area contributed by atoms with Crippen LogP contribution in [0, 0.1) is 0 Å². The predicted molar refractivity (Wildman–Crippen MR) is 151 cm³/mol. The van der Waals surface area contributed by atoms with Gasteiger partial charge in [-0.05, 0) is 16.7 Å². The van der Waals surface area contributed by atoms with Crippen LogP contribution >= 0.6 is 23.5 Å². The molecule has 0 heterocycles. The molecule has 0 bridgehead atoms. The van der Waals surface area contributed by atoms with Gasteiger partial charge in [0.05, 0.1) is 0 Å². The highest BCUT2D eigenvalue weighted by molar-refractivity contribution is 7.98. The summed E-state index contributed by atoms with van der Waals surface area (Å²) in [6.45, 7) is 1.50. The minimum Gasteiger partial charge on any atom is -0.459 e. The van der Waals surface area contributed by atoms with E-state index in [1.54, 1.807) is 11.8 Å². The molecule has 0 spiro atoms. The molecule has 0 saturated carbocycles. The lowest BCUT2D eigenvalue weighted by Crippen LogP contribution is -2.53. The second-order valence-corrected chi connectivity index (χ2v) is 10.5. The summed E-state index contributed by atoms with van der Waals surface area (Å²) in [5.74, 6) is 0.915. The SMILES string of the molecule is CC(=O)N[C@H](CSCc1ccccc1)C(=O)N[C@H](CSCc1ccccc1)C(=O)OCc1ccccc1. The highest BCUT2D eigenvalue weighted by Gasteiger charge is 2.27. The van der Waals surface area contributed by atoms with Gasteiger partial charge in [-0.15, -0.1) is 0 Å². The summed E-state index contributed by atoms with van der Waals surface area (Å²) in [5.41, 5.74) is 3.13. The molecule has 3 aromatic rings. The van der Waals surface area contributed by atoms with E-state index in [1.807, 2.05) is 91.0 Å². The van der Waals surface area contributed by atoms with E-state index in [9.17, 15) is 14.4 Å². The quantitative estimate of drug-likeness (QED) is 0.293. The molecule has 3 aromatic carbocycles. The molecular weight excluding hydrogens is 504 g/mol. The van der Waals surface area contributed by atoms with Gasteiger partial charge in [-0.2, -0.15) is 23.5 Å². The molecule has 3 rings (SSSR count). The van der Waals surface area contributed by atoms with Crippen LogP contribution < -0.4 is 10.6 Å². The van der Waals surface area contributed by atoms with Crippen LogP contribution in [0.15, 0.2) is 91.0 Å². The van der Waals surface area contributed by atoms with Gasteiger partial charge in [0.25, 0.3) is 0 Å². The molecule has 37 heavy (non-hydrogen) atoms. The van der Waals surface area contributed by atoms with Crippen molar-refractivity contribution in [3.05, 3.63) is 108 Å². The monoisotopic (exact) mass is 536 g/mol. The third-order valence-electron chi connectivity index (χ3n) is 5.31. The third kappa shape index (κ3) is 10.7. The van der Waals surface area contributed by atoms with Crippen molar-refractivity contribution in [2.24, 2.45) is 0 Å². The molecule has 0 radical (unpaired) electrons. The fraction of sp³-hybridized carbons (Fsp3) is 0.276. The minimum atomic E-state index is -0.847. The van der Waals surface area contributed by atoms with E-state index < -0.39 is 24.0 Å². The zero-order chi connectivity index (χ0) is 26.3. The summed E-state index contributed by atoms with van der Waals surface area (Å²) in [6.07, 6.45) is 0. The number of nitrogens with one attached hydrogen (secondary N) is 2. The highest BCUT2D eigenvalue weighted by atomic mass is 32.2. The zero-order valence-corrected chi connectivity index (χ0v) is 22.4. The van der Waals surface area contributed by atoms with Gasteiger partial charge in [0.15, 0.2) is 0 Å². The number of carbonyl (C=O) groups excluding carboxylic acids is 3. The van der Waals surface area contributed by atoms with Gasteiger partial charge in [0, 0.05) is 29.9 Å². The molecule has 0 aliphatic carbocycles. The summed E-state index contributed by atoms with van der Waals surface area (Å²) >= 11 is 3.09. The van der Waals surface area contributed by atoms with E-state index in [1.165, 1.54) is 18.7 Å². The standard InChI is InChI=1S/C29H32N2O4S2/c1-22(32)30-26(20-36-18-24-13-7-3-8-14-24)28(33)31-27(21-37-19-25-15-9-4-10-16-25)29(34)35-17-23-11-5-2-6-12-23/h2-16,26-27H,17-21H2,1H3,(H,30,32)(H,31,33)/t26-,27-/m1/s1. The molecule has 0 unspecified atom stereocenters. The predicted octanol–water partition coefficient (Wildman–Crippen LogP) is 4.59. The van der Waals surface area contributed by atoms with Crippen LogP contribution in [0.25, 0.3) is 0 Å². The van der Waals surface area contributed by atoms with Crippen LogP contribution in [0.2, 0.25) is 0 Å². The fourth-order valence-corrected chi connectivity index (χ4v) is 5.45. The van der Waals surface area contributed by atoms with Crippen LogP contribution in [0.5, 0.6) is 0 Å². The Hall–Kier alpha value is -3.23. The molecule has 8 heteroatoms. The van der Waals surface area contributed by atoms with Crippen molar-refractivity contribution in [3.63, 3.8) is 0 Å². The van der Waals surface area contributed by atoms with Crippen molar-refractivity contribution in [1.29, 1.82) is 0 Å². The van der Waals surface area contributed by atoms with Gasteiger partial charge in [-0.3, -0.25) is 9.59 Å². The molecule has 0 aromatic heterocycles. The molecule has 2 amide bonds. The van der Waals surface area contributed by atoms with Gasteiger partial charge in [-0.25, -0.2) is 4.79 Å². The lowest BCUT2D eigenvalue weighted by Gasteiger charge is -2.22. The molecule has 194 valence electrons. The lowest BCUT2D eigenvalue weighted by atomic mass is 10.2. The summed E-state index contributed by atoms with van der Waals surface area (Å²) in [6, 6.07) is 27.6. The molecular formula is C29H32N2O4S2. The second-order valence-electron chi connectivity index (χ2n) is 8.41. The minimum absolute atomic E-state index is 0.122. The van der Waals surface area contributed by atoms with Gasteiger partial charge in [0.2, 0.25) is 11.8 Å². The van der Waals surface area contributed by atoms with E-state index in [-0.39, 0.29) is 12.5 Å². The number of amides is 2. The zero-order valence-electron chi connectivity index (χ0n) is 20.8. The Morgan fingerprint density at radius 3 is 1.62 bits per heavy atom. The summed E-state index contributed by atoms with van der Waals surface area (Å²) in [4.78, 5) is 38.0. The van der Waals surface area contributed by atoms with Crippen molar-refractivity contribution in [1.82, 2.24) is 10.6 Å². The molecule has 0 fully saturated rings. The first-order valence-electron chi connectivity index (χ1n) is 12.0. The van der Waals surface area contributed by atoms with E-state index in [4.69, 9.17) is 4.74 Å². The number of ether oxygens (including phenoxy) is 1. The highest BCUT2D eigenvalue weighted by Crippen LogP contribution is 2.16. The number of rotatable bonds is 14. The van der Waals surface area contributed by atoms with Crippen LogP contribution in [0.4, 0.5) is 0 Å². The summed E-state index contributed by atoms with van der Waals surface area (Å²) in [5, 5.41) is 5.55. The van der Waals surface area contributed by atoms with E-state index in [0.29, 0.717) is 23.0 Å². The van der Waals surface area contributed by atoms with Gasteiger partial charge < -0.3 is 15.4 Å². The van der Waals surface area contributed by atoms with Crippen molar-refractivity contribution in [2.45, 2.75) is 37.1 Å². The van der Waals surface area contributed by atoms with Crippen molar-refractivity contribution < 1.29 is 19.1 Å². The largest absolute Gasteiger partial charge is 0.459 e. The maximum absolute atomic E-state index is 13.2. The summed E-state index contributed by atoms with van der Waals surface area (Å²) < 4.78 is 5.53. The number of benzene rings is 3. The average molecular weight is 537 g/mol. The topological polar surface area (TPSA) is 84.5 Å². The first-order valence-corrected chi connectivity index (χ1v) is 14.3. The van der Waals surface area contributed by atoms with E-state index >= 15 is 0 Å². The lowest BCUT2D eigenvalue weighted by molar-refractivity contribution is -0.148. The smallest absolute Gasteiger partial charge is 0.329 e. The Bertz CT molecular complexity index is 1110. The van der Waals surface area contributed by atoms with Crippen LogP contribution in [-0.4, -0.2) is 41.4 Å². The second kappa shape index (κ2) is 15.8. The van der Waals surface area contributed by atoms with Crippen molar-refractivity contribution >= 4 is 41.3 Å². The van der Waals surface area contributed by atoms with Crippen molar-refractivity contribution in [3.8, 4) is 0 Å². The first-order chi connectivity index (χ1) is 18.0. The fourth-order valence-electron chi connectivity index (χ4n) is 3.44. The Balaban J connectivity index is 1.61. The Morgan fingerprint density at radius 1 is 0.676 bits per heavy atom. The third-order valence-corrected chi connectivity index (χ3v) is 7.52. The Morgan fingerprint density at radius 2 is 1.14 bits per heavy atom. The number of thioether (sulfide) groups is 2. The van der Waals surface area contributed by atoms with Crippen LogP contribution in [0.3, 0.4) is 0 Å². The number of hydrogen-bond acceptors (Lipinski definition) is 6. The molecule has 0 aliphatic rings. The Kier molecular flexibility index (Phi) is 12.1. The van der Waals surface area contributed by atoms with Crippen LogP contribution in [0.1, 0.15) is 23.6 Å². The van der Waals surface area contributed by atoms with Gasteiger partial charge >= 0.3 is 5.97 Å². The Labute approximate surface area is 227 Å². The average Bonchev–Trinajstić information content (AvgIpc) is 2.92. The number of hydrogen-bond donors (Lipinski definition) is 2. The van der Waals surface area contributed by atoms with Gasteiger partial charge in [0.1, 0.15) is 18.7 Å². The maximum Gasteiger partial charge on any atom is 0.329 e. The van der Waals surface area contributed by atoms with Crippen molar-refractivity contribution in [2.75, 3.05) is 11.5 Å². The van der Waals surface area contributed by atoms with E-state index in [2.05, 4.69) is 10.6 Å². The molecule has 0 aliphatic heterocycles. The number of carbonyl (C=O) groups is 3. The number of esters is 1. The summed E-state index contributed by atoms with van der Waals surface area (Å²) in [7, 11) is 0. The first kappa shape index (κ1) is 28.3. The molecule has 2 atom stereocenters. The normalized spacial score (nSPS) is 12.2. The molecule has 6 nitrogen and oxygen atoms in total.